The van der Waals surface area contributed by atoms with Crippen molar-refractivity contribution in [2.24, 2.45) is 0 Å². The van der Waals surface area contributed by atoms with E-state index in [-0.39, 0.29) is 5.41 Å². The minimum atomic E-state index is -0.939. The highest BCUT2D eigenvalue weighted by Crippen LogP contribution is 2.41. The molecule has 4 rings (SSSR count). The van der Waals surface area contributed by atoms with Gasteiger partial charge in [-0.3, -0.25) is 4.98 Å². The van der Waals surface area contributed by atoms with E-state index in [1.54, 1.807) is 0 Å². The minimum absolute atomic E-state index is 0.0670. The molecule has 0 amide bonds. The lowest BCUT2D eigenvalue weighted by atomic mass is 9.69. The summed E-state index contributed by atoms with van der Waals surface area (Å²) < 4.78 is 5.38. The molecule has 3 aromatic rings. The van der Waals surface area contributed by atoms with E-state index in [1.165, 1.54) is 33.4 Å². The maximum absolute atomic E-state index is 10.7. The molecule has 0 saturated carbocycles. The summed E-state index contributed by atoms with van der Waals surface area (Å²) >= 11 is 0. The zero-order chi connectivity index (χ0) is 25.8. The highest BCUT2D eigenvalue weighted by atomic mass is 16.5. The highest BCUT2D eigenvalue weighted by molar-refractivity contribution is 5.68. The lowest BCUT2D eigenvalue weighted by Gasteiger charge is -2.34. The molecule has 0 atom stereocenters. The Labute approximate surface area is 217 Å². The van der Waals surface area contributed by atoms with Gasteiger partial charge in [-0.15, -0.1) is 0 Å². The molecule has 0 aliphatic carbocycles. The van der Waals surface area contributed by atoms with E-state index >= 15 is 0 Å². The van der Waals surface area contributed by atoms with Gasteiger partial charge in [-0.05, 0) is 78.6 Å². The molecule has 0 bridgehead atoms. The lowest BCUT2D eigenvalue weighted by molar-refractivity contribution is -0.0261. The molecule has 1 N–H and O–H groups in total. The Morgan fingerprint density at radius 2 is 1.58 bits per heavy atom. The van der Waals surface area contributed by atoms with Gasteiger partial charge < -0.3 is 9.84 Å². The molecule has 2 aromatic carbocycles. The Morgan fingerprint density at radius 3 is 2.19 bits per heavy atom. The van der Waals surface area contributed by atoms with Crippen molar-refractivity contribution in [3.8, 4) is 23.0 Å². The summed E-state index contributed by atoms with van der Waals surface area (Å²) in [6.45, 7) is 12.2. The van der Waals surface area contributed by atoms with Gasteiger partial charge in [-0.25, -0.2) is 0 Å². The number of aryl methyl sites for hydroxylation is 3. The third-order valence-corrected chi connectivity index (χ3v) is 8.03. The number of ether oxygens (including phenoxy) is 1. The molecule has 1 aromatic heterocycles. The molecule has 188 valence electrons. The Morgan fingerprint density at radius 1 is 0.917 bits per heavy atom. The van der Waals surface area contributed by atoms with E-state index in [4.69, 9.17) is 4.74 Å². The van der Waals surface area contributed by atoms with Crippen LogP contribution in [-0.2, 0) is 16.6 Å². The molecule has 1 aliphatic heterocycles. The molecule has 0 spiro atoms. The van der Waals surface area contributed by atoms with Crippen LogP contribution in [0, 0.1) is 25.7 Å². The van der Waals surface area contributed by atoms with Gasteiger partial charge in [0.1, 0.15) is 5.60 Å². The van der Waals surface area contributed by atoms with E-state index in [0.717, 1.165) is 30.4 Å². The Balaban J connectivity index is 1.68. The summed E-state index contributed by atoms with van der Waals surface area (Å²) in [6, 6.07) is 15.8. The molecule has 0 radical (unpaired) electrons. The van der Waals surface area contributed by atoms with Crippen molar-refractivity contribution in [3.05, 3.63) is 88.2 Å². The Bertz CT molecular complexity index is 1270. The fraction of sp³-hybridized carbons (Fsp3) is 0.424. The molecular weight excluding hydrogens is 442 g/mol. The normalized spacial score (nSPS) is 15.3. The van der Waals surface area contributed by atoms with E-state index in [0.29, 0.717) is 26.1 Å². The molecule has 2 heterocycles. The van der Waals surface area contributed by atoms with Gasteiger partial charge in [-0.1, -0.05) is 62.9 Å². The first kappa shape index (κ1) is 26.1. The largest absolute Gasteiger partial charge is 0.381 e. The Hall–Kier alpha value is -2.93. The topological polar surface area (TPSA) is 42.4 Å². The third-order valence-electron chi connectivity index (χ3n) is 8.03. The number of nitrogens with zero attached hydrogens (tertiary/aromatic N) is 1. The molecule has 3 heteroatoms. The fourth-order valence-electron chi connectivity index (χ4n) is 5.47. The van der Waals surface area contributed by atoms with Gasteiger partial charge in [0, 0.05) is 41.8 Å². The van der Waals surface area contributed by atoms with Crippen LogP contribution in [0.25, 0.3) is 11.1 Å². The number of hydrogen-bond donors (Lipinski definition) is 1. The van der Waals surface area contributed by atoms with Crippen molar-refractivity contribution >= 4 is 0 Å². The van der Waals surface area contributed by atoms with E-state index < -0.39 is 5.60 Å². The summed E-state index contributed by atoms with van der Waals surface area (Å²) in [5.41, 5.74) is 8.76. The summed E-state index contributed by atoms with van der Waals surface area (Å²) in [5.74, 6) is 6.39. The van der Waals surface area contributed by atoms with Crippen molar-refractivity contribution in [1.82, 2.24) is 4.98 Å². The zero-order valence-electron chi connectivity index (χ0n) is 22.4. The average molecular weight is 482 g/mol. The van der Waals surface area contributed by atoms with Crippen LogP contribution in [0.3, 0.4) is 0 Å². The summed E-state index contributed by atoms with van der Waals surface area (Å²) in [4.78, 5) is 4.46. The van der Waals surface area contributed by atoms with Gasteiger partial charge >= 0.3 is 0 Å². The van der Waals surface area contributed by atoms with Gasteiger partial charge in [0.05, 0.1) is 13.2 Å². The molecular formula is C33H39NO2. The SMILES string of the molecule is CCc1cncc(-c2ccc(C(CC)(CC)c3ccc(C#CC4(O)CCOCC4)c(C)c3)cc2C)c1. The van der Waals surface area contributed by atoms with Crippen LogP contribution < -0.4 is 0 Å². The fourth-order valence-corrected chi connectivity index (χ4v) is 5.47. The van der Waals surface area contributed by atoms with Gasteiger partial charge in [0.15, 0.2) is 0 Å². The van der Waals surface area contributed by atoms with E-state index in [1.807, 2.05) is 12.4 Å². The Kier molecular flexibility index (Phi) is 7.98. The van der Waals surface area contributed by atoms with E-state index in [2.05, 4.69) is 93.9 Å². The van der Waals surface area contributed by atoms with Crippen LogP contribution in [0.2, 0.25) is 0 Å². The molecule has 3 nitrogen and oxygen atoms in total. The van der Waals surface area contributed by atoms with Crippen molar-refractivity contribution in [2.45, 2.75) is 77.7 Å². The monoisotopic (exact) mass is 481 g/mol. The predicted octanol–water partition coefficient (Wildman–Crippen LogP) is 6.93. The van der Waals surface area contributed by atoms with E-state index in [9.17, 15) is 5.11 Å². The van der Waals surface area contributed by atoms with Crippen LogP contribution in [-0.4, -0.2) is 28.9 Å². The summed E-state index contributed by atoms with van der Waals surface area (Å²) in [6.07, 6.45) is 8.07. The first-order chi connectivity index (χ1) is 17.3. The van der Waals surface area contributed by atoms with Crippen LogP contribution in [0.4, 0.5) is 0 Å². The smallest absolute Gasteiger partial charge is 0.130 e. The lowest BCUT2D eigenvalue weighted by Crippen LogP contribution is -2.34. The first-order valence-corrected chi connectivity index (χ1v) is 13.3. The predicted molar refractivity (Wildman–Crippen MR) is 148 cm³/mol. The quantitative estimate of drug-likeness (QED) is 0.388. The second-order valence-electron chi connectivity index (χ2n) is 10.2. The number of aromatic nitrogens is 1. The number of hydrogen-bond acceptors (Lipinski definition) is 3. The van der Waals surface area contributed by atoms with Crippen LogP contribution in [0.15, 0.2) is 54.9 Å². The standard InChI is InChI=1S/C33H39NO2/c1-6-26-21-28(23-34-22-26)31-12-11-30(20-25(31)5)33(7-2,8-3)29-10-9-27(24(4)19-29)13-14-32(35)15-17-36-18-16-32/h9-12,19-23,35H,6-8,15-18H2,1-5H3. The summed E-state index contributed by atoms with van der Waals surface area (Å²) in [7, 11) is 0. The second-order valence-corrected chi connectivity index (χ2v) is 10.2. The maximum Gasteiger partial charge on any atom is 0.130 e. The molecule has 1 aliphatic rings. The molecule has 36 heavy (non-hydrogen) atoms. The van der Waals surface area contributed by atoms with Crippen molar-refractivity contribution in [3.63, 3.8) is 0 Å². The first-order valence-electron chi connectivity index (χ1n) is 13.3. The van der Waals surface area contributed by atoms with Crippen LogP contribution in [0.5, 0.6) is 0 Å². The number of benzene rings is 2. The van der Waals surface area contributed by atoms with Gasteiger partial charge in [0.2, 0.25) is 0 Å². The van der Waals surface area contributed by atoms with Gasteiger partial charge in [0.25, 0.3) is 0 Å². The maximum atomic E-state index is 10.7. The number of pyridine rings is 1. The van der Waals surface area contributed by atoms with Gasteiger partial charge in [-0.2, -0.15) is 0 Å². The van der Waals surface area contributed by atoms with Crippen LogP contribution >= 0.6 is 0 Å². The highest BCUT2D eigenvalue weighted by Gasteiger charge is 2.31. The zero-order valence-corrected chi connectivity index (χ0v) is 22.4. The third kappa shape index (κ3) is 5.26. The minimum Gasteiger partial charge on any atom is -0.381 e. The van der Waals surface area contributed by atoms with Crippen LogP contribution in [0.1, 0.15) is 79.8 Å². The summed E-state index contributed by atoms with van der Waals surface area (Å²) in [5, 5.41) is 10.7. The molecule has 0 unspecified atom stereocenters. The number of aliphatic hydroxyl groups is 1. The number of rotatable bonds is 6. The average Bonchev–Trinajstić information content (AvgIpc) is 2.90. The van der Waals surface area contributed by atoms with Crippen molar-refractivity contribution in [1.29, 1.82) is 0 Å². The second kappa shape index (κ2) is 11.0. The molecule has 1 fully saturated rings. The van der Waals surface area contributed by atoms with Crippen molar-refractivity contribution in [2.75, 3.05) is 13.2 Å². The van der Waals surface area contributed by atoms with Crippen molar-refractivity contribution < 1.29 is 9.84 Å². The molecule has 1 saturated heterocycles.